The maximum Gasteiger partial charge on any atom is 0.328 e. The topological polar surface area (TPSA) is 166 Å². The number of piperidine rings is 1. The van der Waals surface area contributed by atoms with Gasteiger partial charge in [0, 0.05) is 13.1 Å². The molecule has 1 fully saturated rings. The van der Waals surface area contributed by atoms with E-state index in [1.807, 2.05) is 6.92 Å². The average molecular weight is 409 g/mol. The molecule has 1 rings (SSSR count). The molecule has 11 nitrogen and oxygen atoms in total. The van der Waals surface area contributed by atoms with Crippen LogP contribution in [-0.2, 0) is 14.3 Å². The van der Waals surface area contributed by atoms with Crippen molar-refractivity contribution in [3.8, 4) is 0 Å². The summed E-state index contributed by atoms with van der Waals surface area (Å²) in [5.41, 5.74) is 13.0. The minimum Gasteiger partial charge on any atom is -0.464 e. The SMILES string of the molecule is CCOC(=O)[C@@H]1C[C@H](C)CCN1C(=O)[C@@H](N)CCCN=C(N)N[N+](=O)[O-].Cl. The highest BCUT2D eigenvalue weighted by Gasteiger charge is 2.37. The average Bonchev–Trinajstić information content (AvgIpc) is 2.57. The van der Waals surface area contributed by atoms with Crippen LogP contribution >= 0.6 is 12.4 Å². The van der Waals surface area contributed by atoms with Gasteiger partial charge in [-0.25, -0.2) is 19.9 Å². The number of nitrogens with one attached hydrogen (secondary N) is 1. The van der Waals surface area contributed by atoms with Crippen molar-refractivity contribution < 1.29 is 19.4 Å². The van der Waals surface area contributed by atoms with Gasteiger partial charge in [0.15, 0.2) is 5.03 Å². The lowest BCUT2D eigenvalue weighted by molar-refractivity contribution is -0.525. The zero-order valence-electron chi connectivity index (χ0n) is 15.6. The first-order chi connectivity index (χ1) is 12.3. The number of nitrogens with two attached hydrogens (primary N) is 2. The Hall–Kier alpha value is -2.14. The predicted octanol–water partition coefficient (Wildman–Crippen LogP) is -0.198. The molecular weight excluding hydrogens is 380 g/mol. The zero-order valence-corrected chi connectivity index (χ0v) is 16.4. The minimum absolute atomic E-state index is 0. The van der Waals surface area contributed by atoms with Crippen molar-refractivity contribution >= 4 is 30.2 Å². The van der Waals surface area contributed by atoms with Crippen LogP contribution in [0, 0.1) is 16.0 Å². The third-order valence-electron chi connectivity index (χ3n) is 4.18. The van der Waals surface area contributed by atoms with Crippen molar-refractivity contribution in [3.63, 3.8) is 0 Å². The standard InChI is InChI=1S/C15H28N6O5.ClH/c1-3-26-14(23)12-9-10(2)6-8-20(12)13(22)11(16)5-4-7-18-15(17)19-21(24)25;/h10-12H,3-9,16H2,1-2H3,(H3,17,18,19);1H/t10-,11+,12+;/m1./s1. The van der Waals surface area contributed by atoms with Crippen molar-refractivity contribution in [2.24, 2.45) is 22.4 Å². The first-order valence-corrected chi connectivity index (χ1v) is 8.69. The number of likely N-dealkylation sites (tertiary alicyclic amines) is 1. The Balaban J connectivity index is 0.00000676. The van der Waals surface area contributed by atoms with Gasteiger partial charge in [-0.2, -0.15) is 0 Å². The number of hydrazine groups is 1. The summed E-state index contributed by atoms with van der Waals surface area (Å²) < 4.78 is 5.08. The van der Waals surface area contributed by atoms with Gasteiger partial charge in [-0.15, -0.1) is 12.4 Å². The molecule has 0 aliphatic carbocycles. The van der Waals surface area contributed by atoms with E-state index in [2.05, 4.69) is 4.99 Å². The van der Waals surface area contributed by atoms with E-state index in [1.165, 1.54) is 4.90 Å². The largest absolute Gasteiger partial charge is 0.464 e. The Kier molecular flexibility index (Phi) is 11.3. The number of hydrogen-bond acceptors (Lipinski definition) is 7. The number of halogens is 1. The van der Waals surface area contributed by atoms with Gasteiger partial charge in [-0.1, -0.05) is 12.3 Å². The van der Waals surface area contributed by atoms with Crippen molar-refractivity contribution in [1.29, 1.82) is 0 Å². The lowest BCUT2D eigenvalue weighted by Gasteiger charge is -2.38. The van der Waals surface area contributed by atoms with Crippen LogP contribution < -0.4 is 16.9 Å². The molecular formula is C15H29ClN6O5. The normalized spacial score (nSPS) is 21.0. The number of rotatable bonds is 8. The highest BCUT2D eigenvalue weighted by molar-refractivity contribution is 5.87. The van der Waals surface area contributed by atoms with Crippen molar-refractivity contribution in [1.82, 2.24) is 10.3 Å². The summed E-state index contributed by atoms with van der Waals surface area (Å²) in [6.07, 6.45) is 2.13. The number of esters is 1. The van der Waals surface area contributed by atoms with Gasteiger partial charge in [-0.3, -0.25) is 4.79 Å². The van der Waals surface area contributed by atoms with Crippen LogP contribution in [0.1, 0.15) is 39.5 Å². The van der Waals surface area contributed by atoms with Gasteiger partial charge in [0.2, 0.25) is 5.91 Å². The lowest BCUT2D eigenvalue weighted by Crippen LogP contribution is -2.55. The highest BCUT2D eigenvalue weighted by atomic mass is 35.5. The van der Waals surface area contributed by atoms with Gasteiger partial charge < -0.3 is 21.1 Å². The fourth-order valence-electron chi connectivity index (χ4n) is 2.84. The van der Waals surface area contributed by atoms with Crippen LogP contribution in [0.25, 0.3) is 0 Å². The van der Waals surface area contributed by atoms with Gasteiger partial charge >= 0.3 is 5.97 Å². The zero-order chi connectivity index (χ0) is 19.7. The van der Waals surface area contributed by atoms with Gasteiger partial charge in [-0.05, 0) is 38.5 Å². The molecule has 0 bridgehead atoms. The number of amides is 1. The van der Waals surface area contributed by atoms with E-state index in [4.69, 9.17) is 16.2 Å². The summed E-state index contributed by atoms with van der Waals surface area (Å²) in [6, 6.07) is -1.38. The molecule has 5 N–H and O–H groups in total. The fourth-order valence-corrected chi connectivity index (χ4v) is 2.84. The van der Waals surface area contributed by atoms with Crippen LogP contribution in [0.3, 0.4) is 0 Å². The summed E-state index contributed by atoms with van der Waals surface area (Å²) >= 11 is 0. The maximum absolute atomic E-state index is 12.6. The molecule has 12 heteroatoms. The Bertz CT molecular complexity index is 547. The van der Waals surface area contributed by atoms with Crippen molar-refractivity contribution in [2.75, 3.05) is 19.7 Å². The van der Waals surface area contributed by atoms with Crippen LogP contribution in [0.2, 0.25) is 0 Å². The summed E-state index contributed by atoms with van der Waals surface area (Å²) in [6.45, 7) is 4.69. The molecule has 27 heavy (non-hydrogen) atoms. The van der Waals surface area contributed by atoms with E-state index in [0.29, 0.717) is 31.7 Å². The maximum atomic E-state index is 12.6. The van der Waals surface area contributed by atoms with Crippen LogP contribution in [-0.4, -0.2) is 59.5 Å². The monoisotopic (exact) mass is 408 g/mol. The number of aliphatic imine (C=N–C) groups is 1. The molecule has 1 aliphatic rings. The molecule has 0 saturated carbocycles. The second kappa shape index (κ2) is 12.3. The molecule has 0 unspecified atom stereocenters. The molecule has 156 valence electrons. The fraction of sp³-hybridized carbons (Fsp3) is 0.800. The van der Waals surface area contributed by atoms with E-state index in [-0.39, 0.29) is 37.4 Å². The molecule has 1 saturated heterocycles. The Labute approximate surface area is 164 Å². The summed E-state index contributed by atoms with van der Waals surface area (Å²) in [5.74, 6) is -0.670. The van der Waals surface area contributed by atoms with E-state index in [9.17, 15) is 19.7 Å². The summed E-state index contributed by atoms with van der Waals surface area (Å²) in [5, 5.41) is 9.39. The number of nitro groups is 1. The number of carbonyl (C=O) groups is 2. The Morgan fingerprint density at radius 1 is 1.48 bits per heavy atom. The first-order valence-electron chi connectivity index (χ1n) is 8.69. The van der Waals surface area contributed by atoms with Crippen molar-refractivity contribution in [3.05, 3.63) is 10.1 Å². The molecule has 1 aliphatic heterocycles. The number of hydrogen-bond donors (Lipinski definition) is 3. The molecule has 1 amide bonds. The number of nitrogens with zero attached hydrogens (tertiary/aromatic N) is 3. The van der Waals surface area contributed by atoms with E-state index < -0.39 is 23.1 Å². The smallest absolute Gasteiger partial charge is 0.328 e. The van der Waals surface area contributed by atoms with Gasteiger partial charge in [0.05, 0.1) is 12.6 Å². The predicted molar refractivity (Wildman–Crippen MR) is 102 cm³/mol. The van der Waals surface area contributed by atoms with Gasteiger partial charge in [0.25, 0.3) is 5.96 Å². The molecule has 1 heterocycles. The quantitative estimate of drug-likeness (QED) is 0.124. The van der Waals surface area contributed by atoms with Crippen LogP contribution in [0.5, 0.6) is 0 Å². The second-order valence-corrected chi connectivity index (χ2v) is 6.31. The number of carbonyl (C=O) groups excluding carboxylic acids is 2. The highest BCUT2D eigenvalue weighted by Crippen LogP contribution is 2.24. The Morgan fingerprint density at radius 3 is 2.74 bits per heavy atom. The van der Waals surface area contributed by atoms with E-state index in [1.54, 1.807) is 12.3 Å². The minimum atomic E-state index is -0.805. The van der Waals surface area contributed by atoms with E-state index in [0.717, 1.165) is 6.42 Å². The molecule has 0 aromatic heterocycles. The summed E-state index contributed by atoms with van der Waals surface area (Å²) in [4.78, 5) is 40.3. The molecule has 0 radical (unpaired) electrons. The Morgan fingerprint density at radius 2 is 2.15 bits per heavy atom. The third-order valence-corrected chi connectivity index (χ3v) is 4.18. The van der Waals surface area contributed by atoms with Crippen LogP contribution in [0.15, 0.2) is 4.99 Å². The van der Waals surface area contributed by atoms with E-state index >= 15 is 0 Å². The van der Waals surface area contributed by atoms with Gasteiger partial charge in [0.1, 0.15) is 6.04 Å². The molecule has 3 atom stereocenters. The second-order valence-electron chi connectivity index (χ2n) is 6.31. The first kappa shape index (κ1) is 24.9. The number of ether oxygens (including phenoxy) is 1. The lowest BCUT2D eigenvalue weighted by atomic mass is 9.91. The summed E-state index contributed by atoms with van der Waals surface area (Å²) in [7, 11) is 0. The number of guanidine groups is 1. The molecule has 0 aromatic carbocycles. The van der Waals surface area contributed by atoms with Crippen molar-refractivity contribution in [2.45, 2.75) is 51.6 Å². The molecule has 0 spiro atoms. The molecule has 0 aromatic rings. The van der Waals surface area contributed by atoms with Crippen LogP contribution in [0.4, 0.5) is 0 Å². The third kappa shape index (κ3) is 8.39.